The van der Waals surface area contributed by atoms with Crippen molar-refractivity contribution in [2.45, 2.75) is 65.9 Å². The first-order valence-electron chi connectivity index (χ1n) is 6.17. The maximum absolute atomic E-state index is 2.61. The van der Waals surface area contributed by atoms with E-state index in [-0.39, 0.29) is 11.1 Å². The summed E-state index contributed by atoms with van der Waals surface area (Å²) in [7, 11) is 0. The first kappa shape index (κ1) is 13.1. The van der Waals surface area contributed by atoms with Crippen molar-refractivity contribution < 1.29 is 0 Å². The van der Waals surface area contributed by atoms with Crippen molar-refractivity contribution in [1.29, 1.82) is 0 Å². The summed E-state index contributed by atoms with van der Waals surface area (Å²) in [6, 6.07) is 0. The molecule has 0 spiro atoms. The minimum atomic E-state index is 0.281. The lowest BCUT2D eigenvalue weighted by atomic mass is 9.66. The van der Waals surface area contributed by atoms with Crippen LogP contribution in [0.1, 0.15) is 48.0 Å². The van der Waals surface area contributed by atoms with Crippen molar-refractivity contribution in [3.8, 4) is 0 Å². The molecule has 0 unspecified atom stereocenters. The van der Waals surface area contributed by atoms with Gasteiger partial charge in [0.25, 0.3) is 0 Å². The van der Waals surface area contributed by atoms with Gasteiger partial charge in [-0.05, 0) is 61.1 Å². The Balaban J connectivity index is 2.81. The zero-order valence-electron chi connectivity index (χ0n) is 11.6. The minimum absolute atomic E-state index is 0.281. The molecule has 1 saturated heterocycles. The predicted molar refractivity (Wildman–Crippen MR) is 69.2 cm³/mol. The van der Waals surface area contributed by atoms with Gasteiger partial charge < -0.3 is 9.62 Å². The van der Waals surface area contributed by atoms with Gasteiger partial charge in [0, 0.05) is 11.1 Å². The van der Waals surface area contributed by atoms with Gasteiger partial charge in [0.15, 0.2) is 0 Å². The molecule has 1 aliphatic heterocycles. The average Bonchev–Trinajstić information content (AvgIpc) is 1.99. The second-order valence-electron chi connectivity index (χ2n) is 6.71. The van der Waals surface area contributed by atoms with E-state index < -0.39 is 0 Å². The van der Waals surface area contributed by atoms with Gasteiger partial charge in [-0.15, -0.1) is 0 Å². The molecule has 0 N–H and O–H groups in total. The van der Waals surface area contributed by atoms with E-state index in [1.165, 1.54) is 19.5 Å². The molecule has 0 aromatic heterocycles. The van der Waals surface area contributed by atoms with Crippen LogP contribution in [0.5, 0.6) is 0 Å². The molecule has 88 valence electrons. The molecule has 1 aliphatic rings. The summed E-state index contributed by atoms with van der Waals surface area (Å²) >= 11 is 0. The molecule has 0 radical (unpaired) electrons. The van der Waals surface area contributed by atoms with E-state index >= 15 is 0 Å². The Bertz CT molecular complexity index is 193. The van der Waals surface area contributed by atoms with Gasteiger partial charge >= 0.3 is 6.98 Å². The predicted octanol–water partition coefficient (Wildman–Crippen LogP) is 2.71. The molecule has 1 heterocycles. The maximum atomic E-state index is 2.61. The molecule has 3 heteroatoms. The molecule has 0 aromatic carbocycles. The lowest BCUT2D eigenvalue weighted by Gasteiger charge is -2.51. The maximum Gasteiger partial charge on any atom is 0.308 e. The summed E-state index contributed by atoms with van der Waals surface area (Å²) in [6.45, 7) is 19.3. The van der Waals surface area contributed by atoms with E-state index in [1.54, 1.807) is 0 Å². The Morgan fingerprint density at radius 1 is 0.800 bits per heavy atom. The molecule has 0 atom stereocenters. The Labute approximate surface area is 96.1 Å². The topological polar surface area (TPSA) is 6.48 Å². The van der Waals surface area contributed by atoms with Gasteiger partial charge in [0.05, 0.1) is 0 Å². The van der Waals surface area contributed by atoms with Gasteiger partial charge in [-0.25, -0.2) is 0 Å². The highest BCUT2D eigenvalue weighted by Gasteiger charge is 2.39. The summed E-state index contributed by atoms with van der Waals surface area (Å²) in [5.41, 5.74) is 0.562. The third-order valence-electron chi connectivity index (χ3n) is 3.42. The van der Waals surface area contributed by atoms with Gasteiger partial charge in [0.1, 0.15) is 0 Å². The highest BCUT2D eigenvalue weighted by Crippen LogP contribution is 2.26. The zero-order chi connectivity index (χ0) is 11.9. The van der Waals surface area contributed by atoms with Crippen molar-refractivity contribution in [2.75, 3.05) is 13.1 Å². The number of hydrogen-bond donors (Lipinski definition) is 0. The van der Waals surface area contributed by atoms with E-state index in [0.29, 0.717) is 6.98 Å². The monoisotopic (exact) mass is 210 g/mol. The molecule has 2 nitrogen and oxygen atoms in total. The fraction of sp³-hybridized carbons (Fsp3) is 1.00. The second-order valence-corrected chi connectivity index (χ2v) is 6.71. The summed E-state index contributed by atoms with van der Waals surface area (Å²) in [5.74, 6) is 0. The van der Waals surface area contributed by atoms with E-state index in [0.717, 1.165) is 0 Å². The standard InChI is InChI=1S/C12H27BN2/c1-11(2,3)14-9-8-10-15(13(14)7)12(4,5)6/h8-10H2,1-7H3. The van der Waals surface area contributed by atoms with Crippen LogP contribution in [0.25, 0.3) is 0 Å². The summed E-state index contributed by atoms with van der Waals surface area (Å²) in [5, 5.41) is 0. The Morgan fingerprint density at radius 2 is 1.13 bits per heavy atom. The minimum Gasteiger partial charge on any atom is -0.324 e. The number of nitrogens with zero attached hydrogens (tertiary/aromatic N) is 2. The Hall–Kier alpha value is -0.0151. The fourth-order valence-electron chi connectivity index (χ4n) is 2.75. The molecule has 1 rings (SSSR count). The van der Waals surface area contributed by atoms with Crippen molar-refractivity contribution in [3.63, 3.8) is 0 Å². The molecule has 0 aromatic rings. The Morgan fingerprint density at radius 3 is 1.40 bits per heavy atom. The smallest absolute Gasteiger partial charge is 0.308 e. The van der Waals surface area contributed by atoms with E-state index in [9.17, 15) is 0 Å². The van der Waals surface area contributed by atoms with Crippen LogP contribution < -0.4 is 0 Å². The largest absolute Gasteiger partial charge is 0.324 e. The molecular weight excluding hydrogens is 183 g/mol. The van der Waals surface area contributed by atoms with Crippen LogP contribution in [0.2, 0.25) is 6.82 Å². The highest BCUT2D eigenvalue weighted by atomic mass is 15.3. The first-order valence-corrected chi connectivity index (χ1v) is 6.17. The van der Waals surface area contributed by atoms with Crippen molar-refractivity contribution in [3.05, 3.63) is 0 Å². The normalized spacial score (nSPS) is 22.2. The molecule has 0 saturated carbocycles. The van der Waals surface area contributed by atoms with Crippen LogP contribution in [0.3, 0.4) is 0 Å². The van der Waals surface area contributed by atoms with Crippen molar-refractivity contribution >= 4 is 6.98 Å². The summed E-state index contributed by atoms with van der Waals surface area (Å²) < 4.78 is 0. The van der Waals surface area contributed by atoms with Crippen LogP contribution in [-0.4, -0.2) is 40.8 Å². The van der Waals surface area contributed by atoms with Crippen LogP contribution in [0, 0.1) is 0 Å². The van der Waals surface area contributed by atoms with Gasteiger partial charge in [-0.3, -0.25) is 0 Å². The summed E-state index contributed by atoms with van der Waals surface area (Å²) in [4.78, 5) is 5.23. The van der Waals surface area contributed by atoms with Crippen LogP contribution in [0.15, 0.2) is 0 Å². The highest BCUT2D eigenvalue weighted by molar-refractivity contribution is 6.51. The molecule has 0 bridgehead atoms. The quantitative estimate of drug-likeness (QED) is 0.567. The zero-order valence-corrected chi connectivity index (χ0v) is 11.6. The second kappa shape index (κ2) is 4.10. The molecule has 0 amide bonds. The lowest BCUT2D eigenvalue weighted by molar-refractivity contribution is 0.139. The van der Waals surface area contributed by atoms with Gasteiger partial charge in [0.2, 0.25) is 0 Å². The molecule has 0 aliphatic carbocycles. The van der Waals surface area contributed by atoms with Crippen LogP contribution >= 0.6 is 0 Å². The van der Waals surface area contributed by atoms with E-state index in [4.69, 9.17) is 0 Å². The van der Waals surface area contributed by atoms with Gasteiger partial charge in [-0.1, -0.05) is 6.82 Å². The van der Waals surface area contributed by atoms with Crippen LogP contribution in [-0.2, 0) is 0 Å². The van der Waals surface area contributed by atoms with Crippen molar-refractivity contribution in [1.82, 2.24) is 9.62 Å². The van der Waals surface area contributed by atoms with Crippen molar-refractivity contribution in [2.24, 2.45) is 0 Å². The van der Waals surface area contributed by atoms with Crippen LogP contribution in [0.4, 0.5) is 0 Å². The number of hydrogen-bond acceptors (Lipinski definition) is 2. The molecular formula is C12H27BN2. The van der Waals surface area contributed by atoms with Gasteiger partial charge in [-0.2, -0.15) is 0 Å². The lowest BCUT2D eigenvalue weighted by Crippen LogP contribution is -2.65. The summed E-state index contributed by atoms with van der Waals surface area (Å²) in [6.07, 6.45) is 1.29. The fourth-order valence-corrected chi connectivity index (χ4v) is 2.75. The van der Waals surface area contributed by atoms with E-state index in [1.807, 2.05) is 0 Å². The first-order chi connectivity index (χ1) is 6.64. The SMILES string of the molecule is CB1N(C(C)(C)C)CCCN1C(C)(C)C. The molecule has 15 heavy (non-hydrogen) atoms. The Kier molecular flexibility index (Phi) is 3.57. The number of rotatable bonds is 0. The third-order valence-corrected chi connectivity index (χ3v) is 3.42. The third kappa shape index (κ3) is 2.98. The average molecular weight is 210 g/mol. The van der Waals surface area contributed by atoms with E-state index in [2.05, 4.69) is 58.0 Å². The molecule has 1 fully saturated rings.